The molecule has 0 bridgehead atoms. The summed E-state index contributed by atoms with van der Waals surface area (Å²) in [4.78, 5) is 10.6. The lowest BCUT2D eigenvalue weighted by Gasteiger charge is -2.00. The molecule has 0 aromatic carbocycles. The third-order valence-corrected chi connectivity index (χ3v) is 1.51. The highest BCUT2D eigenvalue weighted by molar-refractivity contribution is 5.86. The molecule has 0 unspecified atom stereocenters. The van der Waals surface area contributed by atoms with Crippen molar-refractivity contribution in [1.82, 2.24) is 5.32 Å². The minimum Gasteiger partial charge on any atom is -0.353 e. The number of hydrogen-bond donors (Lipinski definition) is 1. The molecule has 0 radical (unpaired) electrons. The lowest BCUT2D eigenvalue weighted by molar-refractivity contribution is -0.116. The first-order chi connectivity index (χ1) is 5.31. The van der Waals surface area contributed by atoms with Gasteiger partial charge >= 0.3 is 0 Å². The van der Waals surface area contributed by atoms with Crippen LogP contribution in [-0.4, -0.2) is 12.5 Å². The van der Waals surface area contributed by atoms with Gasteiger partial charge in [0.1, 0.15) is 0 Å². The summed E-state index contributed by atoms with van der Waals surface area (Å²) in [7, 11) is 0. The average Bonchev–Trinajstić information content (AvgIpc) is 2.04. The summed E-state index contributed by atoms with van der Waals surface area (Å²) >= 11 is 0. The van der Waals surface area contributed by atoms with Gasteiger partial charge in [0, 0.05) is 7.97 Å². The second kappa shape index (κ2) is 7.32. The fourth-order valence-corrected chi connectivity index (χ4v) is 0.836. The van der Waals surface area contributed by atoms with Crippen molar-refractivity contribution in [2.45, 2.75) is 32.6 Å². The Morgan fingerprint density at radius 1 is 1.55 bits per heavy atom. The van der Waals surface area contributed by atoms with E-state index < -0.39 is 0 Å². The van der Waals surface area contributed by atoms with Crippen LogP contribution in [0.15, 0.2) is 12.7 Å². The van der Waals surface area contributed by atoms with Gasteiger partial charge in [0.05, 0.1) is 0 Å². The molecule has 1 N–H and O–H groups in total. The Morgan fingerprint density at radius 3 is 2.82 bits per heavy atom. The van der Waals surface area contributed by atoms with Crippen molar-refractivity contribution in [3.8, 4) is 0 Å². The van der Waals surface area contributed by atoms with E-state index in [1.165, 1.54) is 25.3 Å². The third-order valence-electron chi connectivity index (χ3n) is 1.51. The van der Waals surface area contributed by atoms with E-state index in [1.54, 1.807) is 0 Å². The second-order valence-electron chi connectivity index (χ2n) is 2.56. The largest absolute Gasteiger partial charge is 0.353 e. The minimum atomic E-state index is -0.0681. The fraction of sp³-hybridized carbons (Fsp3) is 0.667. The first-order valence-corrected chi connectivity index (χ1v) is 4.21. The minimum absolute atomic E-state index is 0. The number of rotatable bonds is 6. The van der Waals surface area contributed by atoms with Gasteiger partial charge < -0.3 is 5.32 Å². The molecule has 2 heteroatoms. The van der Waals surface area contributed by atoms with Gasteiger partial charge in [-0.2, -0.15) is 0 Å². The highest BCUT2D eigenvalue weighted by atomic mass is 16.1. The number of hydrogen-bond acceptors (Lipinski definition) is 1. The molecule has 0 rings (SSSR count). The first-order valence-electron chi connectivity index (χ1n) is 4.21. The van der Waals surface area contributed by atoms with Crippen LogP contribution in [0, 0.1) is 0 Å². The summed E-state index contributed by atoms with van der Waals surface area (Å²) in [6.07, 6.45) is 6.07. The van der Waals surface area contributed by atoms with Crippen LogP contribution in [0.5, 0.6) is 0 Å². The van der Waals surface area contributed by atoms with E-state index >= 15 is 0 Å². The number of nitrogens with one attached hydrogen (secondary N) is 1. The van der Waals surface area contributed by atoms with E-state index in [4.69, 9.17) is 0 Å². The van der Waals surface area contributed by atoms with Crippen molar-refractivity contribution in [2.75, 3.05) is 6.54 Å². The molecular weight excluding hydrogens is 138 g/mol. The maximum absolute atomic E-state index is 10.6. The normalized spacial score (nSPS) is 9.18. The molecular formula is C9H19NO. The Labute approximate surface area is 70.2 Å². The molecule has 0 spiro atoms. The maximum atomic E-state index is 10.6. The van der Waals surface area contributed by atoms with E-state index in [-0.39, 0.29) is 7.33 Å². The molecule has 0 fully saturated rings. The number of unbranched alkanes of at least 4 members (excludes halogenated alkanes) is 3. The Hall–Kier alpha value is -0.790. The zero-order valence-corrected chi connectivity index (χ0v) is 7.23. The molecule has 0 aliphatic rings. The van der Waals surface area contributed by atoms with Gasteiger partial charge in [-0.25, -0.2) is 0 Å². The van der Waals surface area contributed by atoms with Crippen LogP contribution in [0.3, 0.4) is 0 Å². The van der Waals surface area contributed by atoms with Gasteiger partial charge in [0.2, 0.25) is 5.91 Å². The Kier molecular flexibility index (Phi) is 6.79. The molecule has 1 amide bonds. The van der Waals surface area contributed by atoms with Gasteiger partial charge in [-0.15, -0.1) is 0 Å². The van der Waals surface area contributed by atoms with Gasteiger partial charge in [0.25, 0.3) is 0 Å². The van der Waals surface area contributed by atoms with Gasteiger partial charge in [0.15, 0.2) is 0 Å². The van der Waals surface area contributed by atoms with Crippen LogP contribution in [0.25, 0.3) is 0 Å². The lowest BCUT2D eigenvalue weighted by Crippen LogP contribution is -2.21. The highest BCUT2D eigenvalue weighted by Gasteiger charge is 1.91. The van der Waals surface area contributed by atoms with Crippen LogP contribution >= 0.6 is 0 Å². The zero-order valence-electron chi connectivity index (χ0n) is 7.23. The van der Waals surface area contributed by atoms with E-state index in [0.717, 1.165) is 13.0 Å². The SMILES string of the molecule is C=CC(=O)NCCCCCC.[HH]. The molecule has 0 heterocycles. The third kappa shape index (κ3) is 7.10. The van der Waals surface area contributed by atoms with E-state index in [2.05, 4.69) is 18.8 Å². The monoisotopic (exact) mass is 157 g/mol. The van der Waals surface area contributed by atoms with Crippen molar-refractivity contribution in [3.05, 3.63) is 12.7 Å². The van der Waals surface area contributed by atoms with Gasteiger partial charge in [-0.05, 0) is 12.5 Å². The number of carbonyl (C=O) groups is 1. The Morgan fingerprint density at radius 2 is 2.27 bits per heavy atom. The summed E-state index contributed by atoms with van der Waals surface area (Å²) in [5, 5.41) is 2.73. The topological polar surface area (TPSA) is 29.1 Å². The van der Waals surface area contributed by atoms with Crippen LogP contribution < -0.4 is 5.32 Å². The molecule has 0 aliphatic carbocycles. The van der Waals surface area contributed by atoms with E-state index in [9.17, 15) is 4.79 Å². The standard InChI is InChI=1S/C9H17NO.H2/c1-3-5-6-7-8-10-9(11)4-2;/h4H,2-3,5-8H2,1H3,(H,10,11);1H. The van der Waals surface area contributed by atoms with Crippen molar-refractivity contribution in [3.63, 3.8) is 0 Å². The summed E-state index contributed by atoms with van der Waals surface area (Å²) in [6, 6.07) is 0. The highest BCUT2D eigenvalue weighted by Crippen LogP contribution is 1.96. The van der Waals surface area contributed by atoms with Crippen molar-refractivity contribution in [1.29, 1.82) is 0 Å². The summed E-state index contributed by atoms with van der Waals surface area (Å²) in [5.74, 6) is -0.0681. The van der Waals surface area contributed by atoms with Crippen LogP contribution in [0.2, 0.25) is 0 Å². The molecule has 66 valence electrons. The van der Waals surface area contributed by atoms with Crippen molar-refractivity contribution >= 4 is 5.91 Å². The van der Waals surface area contributed by atoms with Crippen molar-refractivity contribution in [2.24, 2.45) is 0 Å². The fourth-order valence-electron chi connectivity index (χ4n) is 0.836. The predicted molar refractivity (Wildman–Crippen MR) is 49.5 cm³/mol. The predicted octanol–water partition coefficient (Wildman–Crippen LogP) is 2.11. The number of carbonyl (C=O) groups excluding carboxylic acids is 1. The smallest absolute Gasteiger partial charge is 0.243 e. The average molecular weight is 157 g/mol. The van der Waals surface area contributed by atoms with Crippen LogP contribution in [0.4, 0.5) is 0 Å². The van der Waals surface area contributed by atoms with Crippen LogP contribution in [0.1, 0.15) is 34.0 Å². The Bertz CT molecular complexity index is 126. The number of amides is 1. The maximum Gasteiger partial charge on any atom is 0.243 e. The van der Waals surface area contributed by atoms with E-state index in [1.807, 2.05) is 0 Å². The van der Waals surface area contributed by atoms with Crippen LogP contribution in [-0.2, 0) is 4.79 Å². The zero-order chi connectivity index (χ0) is 8.53. The second-order valence-corrected chi connectivity index (χ2v) is 2.56. The summed E-state index contributed by atoms with van der Waals surface area (Å²) in [6.45, 7) is 6.32. The molecule has 0 aliphatic heterocycles. The summed E-state index contributed by atoms with van der Waals surface area (Å²) in [5.41, 5.74) is 0. The van der Waals surface area contributed by atoms with E-state index in [0.29, 0.717) is 0 Å². The molecule has 2 nitrogen and oxygen atoms in total. The van der Waals surface area contributed by atoms with Crippen molar-refractivity contribution < 1.29 is 6.22 Å². The lowest BCUT2D eigenvalue weighted by atomic mass is 10.2. The summed E-state index contributed by atoms with van der Waals surface area (Å²) < 4.78 is 0. The molecule has 0 atom stereocenters. The first kappa shape index (κ1) is 10.2. The van der Waals surface area contributed by atoms with Gasteiger partial charge in [-0.3, -0.25) is 4.79 Å². The van der Waals surface area contributed by atoms with Gasteiger partial charge in [-0.1, -0.05) is 32.8 Å². The molecule has 0 aromatic rings. The quantitative estimate of drug-likeness (QED) is 0.464. The molecule has 11 heavy (non-hydrogen) atoms. The Balaban J connectivity index is 0. The molecule has 0 aromatic heterocycles. The molecule has 0 saturated carbocycles. The molecule has 0 saturated heterocycles.